The van der Waals surface area contributed by atoms with Crippen LogP contribution in [0.5, 0.6) is 0 Å². The van der Waals surface area contributed by atoms with Crippen LogP contribution in [0.4, 0.5) is 28.8 Å². The minimum absolute atomic E-state index is 0.216. The van der Waals surface area contributed by atoms with Gasteiger partial charge in [0.15, 0.2) is 17.0 Å². The van der Waals surface area contributed by atoms with Crippen molar-refractivity contribution in [3.63, 3.8) is 0 Å². The van der Waals surface area contributed by atoms with E-state index in [9.17, 15) is 4.79 Å². The summed E-state index contributed by atoms with van der Waals surface area (Å²) in [4.78, 5) is 30.5. The molecule has 10 heteroatoms. The first-order valence-electron chi connectivity index (χ1n) is 12.8. The minimum atomic E-state index is 0.216. The molecule has 2 aromatic heterocycles. The number of amides is 1. The molecule has 37 heavy (non-hydrogen) atoms. The van der Waals surface area contributed by atoms with Crippen LogP contribution in [0.25, 0.3) is 11.2 Å². The molecule has 2 N–H and O–H groups in total. The summed E-state index contributed by atoms with van der Waals surface area (Å²) < 4.78 is 7.46. The zero-order valence-corrected chi connectivity index (χ0v) is 20.6. The number of hydrogen-bond acceptors (Lipinski definition) is 8. The number of morpholine rings is 1. The van der Waals surface area contributed by atoms with Crippen molar-refractivity contribution in [2.24, 2.45) is 0 Å². The molecule has 0 spiro atoms. The minimum Gasteiger partial charge on any atom is -0.378 e. The van der Waals surface area contributed by atoms with Gasteiger partial charge in [0.2, 0.25) is 11.9 Å². The number of hydrogen-bond donors (Lipinski definition) is 2. The van der Waals surface area contributed by atoms with Gasteiger partial charge < -0.3 is 29.7 Å². The summed E-state index contributed by atoms with van der Waals surface area (Å²) in [6.45, 7) is 5.38. The Balaban J connectivity index is 1.28. The second-order valence-electron chi connectivity index (χ2n) is 9.25. The SMILES string of the molecule is O=C1CCCN1CCn1cnc2c(Nc3ccc(N4CCOCC4)cc3)nc(Nc3ccccc3)nc21. The van der Waals surface area contributed by atoms with Gasteiger partial charge in [0.1, 0.15) is 0 Å². The molecule has 4 heterocycles. The Hall–Kier alpha value is -4.18. The second kappa shape index (κ2) is 10.4. The highest BCUT2D eigenvalue weighted by Gasteiger charge is 2.21. The van der Waals surface area contributed by atoms with E-state index in [4.69, 9.17) is 14.7 Å². The number of para-hydroxylation sites is 1. The van der Waals surface area contributed by atoms with Crippen molar-refractivity contribution in [2.75, 3.05) is 54.9 Å². The lowest BCUT2D eigenvalue weighted by atomic mass is 10.2. The van der Waals surface area contributed by atoms with E-state index in [1.807, 2.05) is 39.8 Å². The van der Waals surface area contributed by atoms with E-state index in [2.05, 4.69) is 44.8 Å². The van der Waals surface area contributed by atoms with E-state index in [-0.39, 0.29) is 5.91 Å². The molecule has 10 nitrogen and oxygen atoms in total. The first-order valence-corrected chi connectivity index (χ1v) is 12.8. The molecule has 0 bridgehead atoms. The largest absolute Gasteiger partial charge is 0.378 e. The predicted molar refractivity (Wildman–Crippen MR) is 144 cm³/mol. The van der Waals surface area contributed by atoms with Gasteiger partial charge in [-0.2, -0.15) is 9.97 Å². The topological polar surface area (TPSA) is 100 Å². The smallest absolute Gasteiger partial charge is 0.231 e. The molecule has 2 aliphatic heterocycles. The number of rotatable bonds is 8. The number of carbonyl (C=O) groups is 1. The number of benzene rings is 2. The third-order valence-corrected chi connectivity index (χ3v) is 6.78. The van der Waals surface area contributed by atoms with Crippen LogP contribution in [-0.2, 0) is 16.1 Å². The molecular weight excluding hydrogens is 468 g/mol. The van der Waals surface area contributed by atoms with Gasteiger partial charge in [0.05, 0.1) is 19.5 Å². The second-order valence-corrected chi connectivity index (χ2v) is 9.25. The van der Waals surface area contributed by atoms with Gasteiger partial charge in [0, 0.05) is 56.2 Å². The number of likely N-dealkylation sites (tertiary alicyclic amines) is 1. The molecule has 0 aliphatic carbocycles. The Labute approximate surface area is 215 Å². The number of fused-ring (bicyclic) bond motifs is 1. The van der Waals surface area contributed by atoms with Gasteiger partial charge in [0.25, 0.3) is 0 Å². The summed E-state index contributed by atoms with van der Waals surface area (Å²) in [5.41, 5.74) is 4.39. The standard InChI is InChI=1S/C27H30N8O2/c36-23-7-4-12-34(23)13-14-35-19-28-24-25(31-27(32-26(24)35)30-20-5-2-1-3-6-20)29-21-8-10-22(11-9-21)33-15-17-37-18-16-33/h1-3,5-6,8-11,19H,4,7,12-18H2,(H2,29,30,31,32). The monoisotopic (exact) mass is 498 g/mol. The molecule has 1 amide bonds. The van der Waals surface area contributed by atoms with Crippen molar-refractivity contribution in [2.45, 2.75) is 19.4 Å². The average Bonchev–Trinajstić information content (AvgIpc) is 3.54. The van der Waals surface area contributed by atoms with Gasteiger partial charge in [-0.05, 0) is 42.8 Å². The Morgan fingerprint density at radius 3 is 2.41 bits per heavy atom. The fraction of sp³-hybridized carbons (Fsp3) is 0.333. The normalized spacial score (nSPS) is 15.9. The highest BCUT2D eigenvalue weighted by atomic mass is 16.5. The Morgan fingerprint density at radius 1 is 0.865 bits per heavy atom. The van der Waals surface area contributed by atoms with Gasteiger partial charge in [-0.15, -0.1) is 0 Å². The van der Waals surface area contributed by atoms with Crippen LogP contribution in [-0.4, -0.2) is 69.7 Å². The number of nitrogens with one attached hydrogen (secondary N) is 2. The molecule has 0 unspecified atom stereocenters. The number of anilines is 5. The molecule has 2 aromatic carbocycles. The zero-order chi connectivity index (χ0) is 25.0. The lowest BCUT2D eigenvalue weighted by molar-refractivity contribution is -0.127. The van der Waals surface area contributed by atoms with Gasteiger partial charge in [-0.25, -0.2) is 4.98 Å². The first kappa shape index (κ1) is 23.2. The van der Waals surface area contributed by atoms with E-state index in [1.165, 1.54) is 5.69 Å². The van der Waals surface area contributed by atoms with Gasteiger partial charge in [-0.3, -0.25) is 4.79 Å². The molecule has 2 fully saturated rings. The van der Waals surface area contributed by atoms with Crippen LogP contribution in [0.1, 0.15) is 12.8 Å². The van der Waals surface area contributed by atoms with Crippen molar-refractivity contribution < 1.29 is 9.53 Å². The summed E-state index contributed by atoms with van der Waals surface area (Å²) in [6, 6.07) is 18.2. The van der Waals surface area contributed by atoms with Crippen LogP contribution < -0.4 is 15.5 Å². The van der Waals surface area contributed by atoms with E-state index < -0.39 is 0 Å². The fourth-order valence-corrected chi connectivity index (χ4v) is 4.78. The lowest BCUT2D eigenvalue weighted by Crippen LogP contribution is -2.36. The van der Waals surface area contributed by atoms with Crippen LogP contribution in [0, 0.1) is 0 Å². The Bertz CT molecular complexity index is 1370. The number of ether oxygens (including phenoxy) is 1. The van der Waals surface area contributed by atoms with Gasteiger partial charge in [-0.1, -0.05) is 18.2 Å². The summed E-state index contributed by atoms with van der Waals surface area (Å²) in [6.07, 6.45) is 3.34. The molecule has 4 aromatic rings. The van der Waals surface area contributed by atoms with Crippen molar-refractivity contribution >= 4 is 45.9 Å². The summed E-state index contributed by atoms with van der Waals surface area (Å²) >= 11 is 0. The van der Waals surface area contributed by atoms with E-state index >= 15 is 0 Å². The first-order chi connectivity index (χ1) is 18.2. The molecular formula is C27H30N8O2. The number of nitrogens with zero attached hydrogens (tertiary/aromatic N) is 6. The van der Waals surface area contributed by atoms with Crippen molar-refractivity contribution in [3.05, 3.63) is 60.9 Å². The van der Waals surface area contributed by atoms with E-state index in [0.717, 1.165) is 50.6 Å². The Kier molecular flexibility index (Phi) is 6.55. The van der Waals surface area contributed by atoms with Crippen LogP contribution >= 0.6 is 0 Å². The van der Waals surface area contributed by atoms with Crippen LogP contribution in [0.2, 0.25) is 0 Å². The highest BCUT2D eigenvalue weighted by Crippen LogP contribution is 2.27. The van der Waals surface area contributed by atoms with Crippen LogP contribution in [0.3, 0.4) is 0 Å². The molecule has 6 rings (SSSR count). The maximum atomic E-state index is 12.1. The molecule has 0 saturated carbocycles. The third-order valence-electron chi connectivity index (χ3n) is 6.78. The summed E-state index contributed by atoms with van der Waals surface area (Å²) in [5.74, 6) is 1.32. The number of carbonyl (C=O) groups excluding carboxylic acids is 1. The van der Waals surface area contributed by atoms with Crippen molar-refractivity contribution in [1.29, 1.82) is 0 Å². The third kappa shape index (κ3) is 5.19. The van der Waals surface area contributed by atoms with Crippen molar-refractivity contribution in [1.82, 2.24) is 24.4 Å². The van der Waals surface area contributed by atoms with Gasteiger partial charge >= 0.3 is 0 Å². The average molecular weight is 499 g/mol. The maximum absolute atomic E-state index is 12.1. The number of aromatic nitrogens is 4. The van der Waals surface area contributed by atoms with Crippen molar-refractivity contribution in [3.8, 4) is 0 Å². The summed E-state index contributed by atoms with van der Waals surface area (Å²) in [7, 11) is 0. The number of imidazole rings is 1. The predicted octanol–water partition coefficient (Wildman–Crippen LogP) is 3.77. The van der Waals surface area contributed by atoms with E-state index in [1.54, 1.807) is 6.33 Å². The van der Waals surface area contributed by atoms with E-state index in [0.29, 0.717) is 42.4 Å². The quantitative estimate of drug-likeness (QED) is 0.379. The fourth-order valence-electron chi connectivity index (χ4n) is 4.78. The summed E-state index contributed by atoms with van der Waals surface area (Å²) in [5, 5.41) is 6.76. The molecule has 0 atom stereocenters. The lowest BCUT2D eigenvalue weighted by Gasteiger charge is -2.28. The molecule has 2 saturated heterocycles. The maximum Gasteiger partial charge on any atom is 0.231 e. The zero-order valence-electron chi connectivity index (χ0n) is 20.6. The molecule has 0 radical (unpaired) electrons. The highest BCUT2D eigenvalue weighted by molar-refractivity contribution is 5.87. The Morgan fingerprint density at radius 2 is 1.65 bits per heavy atom. The molecule has 2 aliphatic rings. The van der Waals surface area contributed by atoms with Crippen LogP contribution in [0.15, 0.2) is 60.9 Å². The molecule has 190 valence electrons.